The number of halogens is 1. The van der Waals surface area contributed by atoms with Gasteiger partial charge in [-0.15, -0.1) is 0 Å². The van der Waals surface area contributed by atoms with Crippen LogP contribution in [0.3, 0.4) is 0 Å². The van der Waals surface area contributed by atoms with Crippen LogP contribution in [-0.4, -0.2) is 24.2 Å². The van der Waals surface area contributed by atoms with Crippen LogP contribution in [0.15, 0.2) is 12.3 Å². The van der Waals surface area contributed by atoms with Gasteiger partial charge in [0.25, 0.3) is 0 Å². The third kappa shape index (κ3) is 3.89. The van der Waals surface area contributed by atoms with Gasteiger partial charge < -0.3 is 9.47 Å². The van der Waals surface area contributed by atoms with Crippen molar-refractivity contribution >= 4 is 17.6 Å². The maximum absolute atomic E-state index is 11.8. The summed E-state index contributed by atoms with van der Waals surface area (Å²) in [5.41, 5.74) is 0.322. The Kier molecular flexibility index (Phi) is 5.77. The molecule has 0 aliphatic heterocycles. The fraction of sp³-hybridized carbons (Fsp3) is 0.500. The van der Waals surface area contributed by atoms with Gasteiger partial charge in [-0.3, -0.25) is 0 Å². The number of aromatic nitrogens is 1. The molecule has 1 aromatic rings. The summed E-state index contributed by atoms with van der Waals surface area (Å²) < 4.78 is 10.4. The topological polar surface area (TPSA) is 48.4 Å². The molecule has 0 bridgehead atoms. The van der Waals surface area contributed by atoms with E-state index in [-0.39, 0.29) is 10.9 Å². The molecule has 1 heterocycles. The predicted octanol–water partition coefficient (Wildman–Crippen LogP) is 3.09. The second-order valence-electron chi connectivity index (χ2n) is 3.40. The molecule has 4 nitrogen and oxygen atoms in total. The van der Waals surface area contributed by atoms with E-state index in [0.717, 1.165) is 12.8 Å². The number of hydrogen-bond acceptors (Lipinski definition) is 4. The molecule has 1 aromatic heterocycles. The quantitative estimate of drug-likeness (QED) is 0.446. The highest BCUT2D eigenvalue weighted by Crippen LogP contribution is 2.27. The zero-order chi connectivity index (χ0) is 12.7. The standard InChI is InChI=1S/C12H16ClNO3/c1-3-5-8-17-12(15)9-6-7-14-11(13)10(9)16-4-2/h6-7H,3-5,8H2,1-2H3. The molecule has 0 saturated carbocycles. The van der Waals surface area contributed by atoms with Crippen molar-refractivity contribution in [1.82, 2.24) is 4.98 Å². The second kappa shape index (κ2) is 7.12. The monoisotopic (exact) mass is 257 g/mol. The lowest BCUT2D eigenvalue weighted by Crippen LogP contribution is -2.09. The van der Waals surface area contributed by atoms with E-state index in [1.54, 1.807) is 6.07 Å². The molecule has 0 radical (unpaired) electrons. The first-order chi connectivity index (χ1) is 8.20. The van der Waals surface area contributed by atoms with Gasteiger partial charge in [0, 0.05) is 6.20 Å². The van der Waals surface area contributed by atoms with Gasteiger partial charge in [-0.25, -0.2) is 9.78 Å². The SMILES string of the molecule is CCCCOC(=O)c1ccnc(Cl)c1OCC. The summed E-state index contributed by atoms with van der Waals surface area (Å²) in [7, 11) is 0. The van der Waals surface area contributed by atoms with Crippen LogP contribution in [0.4, 0.5) is 0 Å². The van der Waals surface area contributed by atoms with Crippen LogP contribution in [0.1, 0.15) is 37.0 Å². The van der Waals surface area contributed by atoms with E-state index in [1.165, 1.54) is 6.20 Å². The van der Waals surface area contributed by atoms with Crippen LogP contribution < -0.4 is 4.74 Å². The highest BCUT2D eigenvalue weighted by atomic mass is 35.5. The van der Waals surface area contributed by atoms with Crippen molar-refractivity contribution in [3.05, 3.63) is 23.0 Å². The van der Waals surface area contributed by atoms with E-state index in [9.17, 15) is 4.79 Å². The number of rotatable bonds is 6. The highest BCUT2D eigenvalue weighted by molar-refractivity contribution is 6.31. The number of ether oxygens (including phenoxy) is 2. The number of unbranched alkanes of at least 4 members (excludes halogenated alkanes) is 1. The van der Waals surface area contributed by atoms with E-state index in [1.807, 2.05) is 13.8 Å². The van der Waals surface area contributed by atoms with E-state index >= 15 is 0 Å². The Balaban J connectivity index is 2.81. The molecule has 1 rings (SSSR count). The van der Waals surface area contributed by atoms with Crippen molar-refractivity contribution in [3.63, 3.8) is 0 Å². The molecule has 0 N–H and O–H groups in total. The zero-order valence-corrected chi connectivity index (χ0v) is 10.8. The molecule has 0 amide bonds. The minimum atomic E-state index is -0.425. The summed E-state index contributed by atoms with van der Waals surface area (Å²) in [5.74, 6) is -0.135. The molecule has 0 atom stereocenters. The summed E-state index contributed by atoms with van der Waals surface area (Å²) in [6, 6.07) is 1.55. The van der Waals surface area contributed by atoms with E-state index in [2.05, 4.69) is 4.98 Å². The van der Waals surface area contributed by atoms with E-state index in [4.69, 9.17) is 21.1 Å². The average Bonchev–Trinajstić information content (AvgIpc) is 2.32. The fourth-order valence-corrected chi connectivity index (χ4v) is 1.46. The summed E-state index contributed by atoms with van der Waals surface area (Å²) in [6.07, 6.45) is 3.28. The van der Waals surface area contributed by atoms with Crippen molar-refractivity contribution in [2.45, 2.75) is 26.7 Å². The number of esters is 1. The van der Waals surface area contributed by atoms with Crippen molar-refractivity contribution in [2.24, 2.45) is 0 Å². The minimum absolute atomic E-state index is 0.178. The molecule has 0 spiro atoms. The Bertz CT molecular complexity index is 382. The summed E-state index contributed by atoms with van der Waals surface area (Å²) in [5, 5.41) is 0.178. The summed E-state index contributed by atoms with van der Waals surface area (Å²) >= 11 is 5.87. The first-order valence-electron chi connectivity index (χ1n) is 5.65. The van der Waals surface area contributed by atoms with Crippen molar-refractivity contribution in [3.8, 4) is 5.75 Å². The van der Waals surface area contributed by atoms with E-state index < -0.39 is 5.97 Å². The maximum Gasteiger partial charge on any atom is 0.342 e. The third-order valence-corrected chi connectivity index (χ3v) is 2.37. The number of hydrogen-bond donors (Lipinski definition) is 0. The van der Waals surface area contributed by atoms with Crippen LogP contribution in [0.25, 0.3) is 0 Å². The lowest BCUT2D eigenvalue weighted by atomic mass is 10.2. The van der Waals surface area contributed by atoms with Crippen LogP contribution in [-0.2, 0) is 4.74 Å². The molecular weight excluding hydrogens is 242 g/mol. The molecular formula is C12H16ClNO3. The fourth-order valence-electron chi connectivity index (χ4n) is 1.25. The lowest BCUT2D eigenvalue weighted by Gasteiger charge is -2.10. The minimum Gasteiger partial charge on any atom is -0.490 e. The van der Waals surface area contributed by atoms with Crippen LogP contribution in [0.5, 0.6) is 5.75 Å². The van der Waals surface area contributed by atoms with Crippen LogP contribution in [0, 0.1) is 0 Å². The molecule has 17 heavy (non-hydrogen) atoms. The van der Waals surface area contributed by atoms with Gasteiger partial charge in [-0.2, -0.15) is 0 Å². The molecule has 0 aromatic carbocycles. The lowest BCUT2D eigenvalue weighted by molar-refractivity contribution is 0.0495. The zero-order valence-electron chi connectivity index (χ0n) is 10.0. The third-order valence-electron chi connectivity index (χ3n) is 2.10. The molecule has 94 valence electrons. The molecule has 5 heteroatoms. The molecule has 0 unspecified atom stereocenters. The second-order valence-corrected chi connectivity index (χ2v) is 3.76. The Morgan fingerprint density at radius 1 is 1.47 bits per heavy atom. The number of carbonyl (C=O) groups is 1. The summed E-state index contributed by atoms with van der Waals surface area (Å²) in [6.45, 7) is 4.67. The number of carbonyl (C=O) groups excluding carboxylic acids is 1. The van der Waals surface area contributed by atoms with Gasteiger partial charge in [0.05, 0.1) is 13.2 Å². The largest absolute Gasteiger partial charge is 0.490 e. The van der Waals surface area contributed by atoms with Gasteiger partial charge in [0.2, 0.25) is 0 Å². The maximum atomic E-state index is 11.8. The normalized spacial score (nSPS) is 10.1. The van der Waals surface area contributed by atoms with Crippen molar-refractivity contribution in [2.75, 3.05) is 13.2 Å². The van der Waals surface area contributed by atoms with Crippen LogP contribution in [0.2, 0.25) is 5.15 Å². The Labute approximate surface area is 106 Å². The van der Waals surface area contributed by atoms with Crippen LogP contribution >= 0.6 is 11.6 Å². The van der Waals surface area contributed by atoms with E-state index in [0.29, 0.717) is 18.8 Å². The summed E-state index contributed by atoms with van der Waals surface area (Å²) in [4.78, 5) is 15.6. The Morgan fingerprint density at radius 3 is 2.88 bits per heavy atom. The Morgan fingerprint density at radius 2 is 2.24 bits per heavy atom. The molecule has 0 saturated heterocycles. The molecule has 0 aliphatic rings. The first-order valence-corrected chi connectivity index (χ1v) is 6.02. The highest BCUT2D eigenvalue weighted by Gasteiger charge is 2.17. The molecule has 0 fully saturated rings. The van der Waals surface area contributed by atoms with Gasteiger partial charge in [0.15, 0.2) is 10.9 Å². The van der Waals surface area contributed by atoms with Gasteiger partial charge in [0.1, 0.15) is 5.56 Å². The smallest absolute Gasteiger partial charge is 0.342 e. The van der Waals surface area contributed by atoms with Crippen molar-refractivity contribution < 1.29 is 14.3 Å². The number of pyridine rings is 1. The predicted molar refractivity (Wildman–Crippen MR) is 65.6 cm³/mol. The Hall–Kier alpha value is -1.29. The number of nitrogens with zero attached hydrogens (tertiary/aromatic N) is 1. The first kappa shape index (κ1) is 13.8. The van der Waals surface area contributed by atoms with Gasteiger partial charge in [-0.05, 0) is 19.4 Å². The van der Waals surface area contributed by atoms with Crippen molar-refractivity contribution in [1.29, 1.82) is 0 Å². The van der Waals surface area contributed by atoms with Gasteiger partial charge >= 0.3 is 5.97 Å². The molecule has 0 aliphatic carbocycles. The average molecular weight is 258 g/mol. The van der Waals surface area contributed by atoms with Gasteiger partial charge in [-0.1, -0.05) is 24.9 Å².